The Morgan fingerprint density at radius 1 is 1.02 bits per heavy atom. The second kappa shape index (κ2) is 15.8. The lowest BCUT2D eigenvalue weighted by molar-refractivity contribution is -0.145. The number of para-hydroxylation sites is 1. The summed E-state index contributed by atoms with van der Waals surface area (Å²) in [5.74, 6) is 0.525. The number of hydrogen-bond acceptors (Lipinski definition) is 11. The second-order valence-electron chi connectivity index (χ2n) is 12.8. The summed E-state index contributed by atoms with van der Waals surface area (Å²) in [4.78, 5) is 32.5. The third-order valence-corrected chi connectivity index (χ3v) is 10.9. The third-order valence-electron chi connectivity index (χ3n) is 9.31. The SMILES string of the molecule is COc1ccccc1-c1nccc(COc2ccc3cc2C[C@H](C(=O)O)Oc2ncnc4sc(-c5ccc(F)cc5)c(c24)-c2ccc(c(Cl)c2C)NCCO3)n1. The van der Waals surface area contributed by atoms with E-state index in [1.165, 1.54) is 29.8 Å². The normalized spacial score (nSPS) is 14.0. The minimum atomic E-state index is -1.41. The highest BCUT2D eigenvalue weighted by Gasteiger charge is 2.28. The lowest BCUT2D eigenvalue weighted by atomic mass is 9.95. The van der Waals surface area contributed by atoms with Gasteiger partial charge in [-0.05, 0) is 78.2 Å². The molecule has 0 spiro atoms. The molecule has 0 amide bonds. The molecule has 4 aromatic carbocycles. The summed E-state index contributed by atoms with van der Waals surface area (Å²) in [7, 11) is 1.59. The molecule has 7 aromatic rings. The number of thiophene rings is 1. The number of anilines is 1. The molecular weight excluding hydrogens is 757 g/mol. The number of fused-ring (bicyclic) bond motifs is 7. The van der Waals surface area contributed by atoms with Crippen molar-refractivity contribution in [3.63, 3.8) is 0 Å². The van der Waals surface area contributed by atoms with Gasteiger partial charge in [0.15, 0.2) is 5.82 Å². The summed E-state index contributed by atoms with van der Waals surface area (Å²) in [5, 5.41) is 15.0. The number of halogens is 2. The van der Waals surface area contributed by atoms with Crippen LogP contribution in [0.2, 0.25) is 5.02 Å². The van der Waals surface area contributed by atoms with Gasteiger partial charge in [-0.25, -0.2) is 29.1 Å². The summed E-state index contributed by atoms with van der Waals surface area (Å²) in [6, 6.07) is 24.4. The van der Waals surface area contributed by atoms with Crippen LogP contribution in [0.15, 0.2) is 97.5 Å². The van der Waals surface area contributed by atoms with Crippen molar-refractivity contribution in [2.75, 3.05) is 25.6 Å². The van der Waals surface area contributed by atoms with Gasteiger partial charge in [0, 0.05) is 35.2 Å². The van der Waals surface area contributed by atoms with E-state index >= 15 is 0 Å². The second-order valence-corrected chi connectivity index (χ2v) is 14.2. The quantitative estimate of drug-likeness (QED) is 0.160. The lowest BCUT2D eigenvalue weighted by Crippen LogP contribution is -2.30. The van der Waals surface area contributed by atoms with E-state index in [0.717, 1.165) is 27.1 Å². The molecule has 4 bridgehead atoms. The van der Waals surface area contributed by atoms with E-state index < -0.39 is 12.1 Å². The molecule has 1 atom stereocenters. The number of carbonyl (C=O) groups is 1. The van der Waals surface area contributed by atoms with Gasteiger partial charge >= 0.3 is 5.97 Å². The number of nitrogens with one attached hydrogen (secondary N) is 1. The average Bonchev–Trinajstić information content (AvgIpc) is 3.60. The topological polar surface area (TPSA) is 138 Å². The van der Waals surface area contributed by atoms with E-state index in [9.17, 15) is 14.3 Å². The van der Waals surface area contributed by atoms with Gasteiger partial charge in [0.2, 0.25) is 12.0 Å². The van der Waals surface area contributed by atoms with Crippen LogP contribution in [0.3, 0.4) is 0 Å². The van der Waals surface area contributed by atoms with Crippen molar-refractivity contribution in [1.82, 2.24) is 19.9 Å². The van der Waals surface area contributed by atoms with Crippen molar-refractivity contribution < 1.29 is 33.2 Å². The van der Waals surface area contributed by atoms with Gasteiger partial charge in [-0.3, -0.25) is 0 Å². The zero-order chi connectivity index (χ0) is 38.8. The third kappa shape index (κ3) is 7.38. The summed E-state index contributed by atoms with van der Waals surface area (Å²) in [5.41, 5.74) is 5.53. The molecule has 2 N–H and O–H groups in total. The van der Waals surface area contributed by atoms with Crippen molar-refractivity contribution in [3.8, 4) is 56.1 Å². The van der Waals surface area contributed by atoms with Gasteiger partial charge in [-0.2, -0.15) is 0 Å². The predicted molar refractivity (Wildman–Crippen MR) is 213 cm³/mol. The number of carboxylic acid groups (broad SMARTS) is 1. The van der Waals surface area contributed by atoms with Crippen LogP contribution < -0.4 is 24.3 Å². The maximum Gasteiger partial charge on any atom is 0.345 e. The molecule has 0 radical (unpaired) electrons. The Labute approximate surface area is 329 Å². The van der Waals surface area contributed by atoms with Crippen LogP contribution >= 0.6 is 22.9 Å². The van der Waals surface area contributed by atoms with Crippen molar-refractivity contribution in [1.29, 1.82) is 0 Å². The Morgan fingerprint density at radius 2 is 1.86 bits per heavy atom. The molecule has 3 aromatic heterocycles. The van der Waals surface area contributed by atoms with Gasteiger partial charge in [0.1, 0.15) is 47.4 Å². The molecule has 0 saturated heterocycles. The summed E-state index contributed by atoms with van der Waals surface area (Å²) >= 11 is 8.35. The molecule has 14 heteroatoms. The number of benzene rings is 4. The number of aromatic nitrogens is 4. The van der Waals surface area contributed by atoms with Crippen LogP contribution in [-0.4, -0.2) is 57.4 Å². The first kappa shape index (κ1) is 36.7. The number of methoxy groups -OCH3 is 1. The highest BCUT2D eigenvalue weighted by Crippen LogP contribution is 2.49. The van der Waals surface area contributed by atoms with Crippen molar-refractivity contribution in [2.45, 2.75) is 26.1 Å². The monoisotopic (exact) mass is 789 g/mol. The van der Waals surface area contributed by atoms with Gasteiger partial charge < -0.3 is 29.4 Å². The van der Waals surface area contributed by atoms with E-state index in [0.29, 0.717) is 67.4 Å². The van der Waals surface area contributed by atoms with Crippen molar-refractivity contribution in [3.05, 3.63) is 125 Å². The first-order chi connectivity index (χ1) is 27.3. The molecule has 56 heavy (non-hydrogen) atoms. The molecule has 0 saturated carbocycles. The Kier molecular flexibility index (Phi) is 10.3. The first-order valence-electron chi connectivity index (χ1n) is 17.6. The van der Waals surface area contributed by atoms with Gasteiger partial charge in [0.25, 0.3) is 0 Å². The number of nitrogens with zero attached hydrogens (tertiary/aromatic N) is 4. The van der Waals surface area contributed by atoms with Crippen molar-refractivity contribution >= 4 is 44.8 Å². The first-order valence-corrected chi connectivity index (χ1v) is 18.8. The number of hydrogen-bond donors (Lipinski definition) is 2. The van der Waals surface area contributed by atoms with Crippen LogP contribution in [0, 0.1) is 12.7 Å². The summed E-state index contributed by atoms with van der Waals surface area (Å²) in [6.45, 7) is 2.68. The lowest BCUT2D eigenvalue weighted by Gasteiger charge is -2.19. The van der Waals surface area contributed by atoms with Crippen LogP contribution in [0.5, 0.6) is 23.1 Å². The molecular formula is C42H33ClFN5O6S. The average molecular weight is 790 g/mol. The Morgan fingerprint density at radius 3 is 2.68 bits per heavy atom. The fourth-order valence-electron chi connectivity index (χ4n) is 6.55. The molecule has 2 aliphatic rings. The zero-order valence-corrected chi connectivity index (χ0v) is 31.7. The van der Waals surface area contributed by atoms with E-state index in [1.807, 2.05) is 43.3 Å². The summed E-state index contributed by atoms with van der Waals surface area (Å²) < 4.78 is 38.4. The van der Waals surface area contributed by atoms with E-state index in [4.69, 9.17) is 35.5 Å². The van der Waals surface area contributed by atoms with E-state index in [1.54, 1.807) is 49.7 Å². The number of rotatable bonds is 7. The number of ether oxygens (including phenoxy) is 4. The maximum atomic E-state index is 14.1. The van der Waals surface area contributed by atoms with Gasteiger partial charge in [0.05, 0.1) is 34.5 Å². The molecule has 0 unspecified atom stereocenters. The zero-order valence-electron chi connectivity index (χ0n) is 30.1. The smallest absolute Gasteiger partial charge is 0.345 e. The standard InChI is InChI=1S/C42H33ClFN5O6S/c1-23-29-12-13-31(37(23)43)45-17-18-53-28-11-14-32(54-21-27-15-16-46-39(49-27)30-5-3-4-6-33(30)52-2)25(19-28)20-34(42(50)51)55-40-36-35(29)38(56-41(36)48-22-47-40)24-7-9-26(44)10-8-24/h3-16,19,22,34,45H,17-18,20-21H2,1-2H3,(H,50,51)/t34-/m1/s1. The van der Waals surface area contributed by atoms with Crippen LogP contribution in [0.25, 0.3) is 43.2 Å². The molecule has 5 heterocycles. The van der Waals surface area contributed by atoms with Crippen molar-refractivity contribution in [2.24, 2.45) is 0 Å². The number of aliphatic carboxylic acids is 1. The maximum absolute atomic E-state index is 14.1. The molecule has 282 valence electrons. The molecule has 0 aliphatic carbocycles. The highest BCUT2D eigenvalue weighted by atomic mass is 35.5. The van der Waals surface area contributed by atoms with E-state index in [-0.39, 0.29) is 31.3 Å². The molecule has 0 fully saturated rings. The predicted octanol–water partition coefficient (Wildman–Crippen LogP) is 9.05. The molecule has 9 rings (SSSR count). The molecule has 2 aliphatic heterocycles. The van der Waals surface area contributed by atoms with Gasteiger partial charge in [-0.15, -0.1) is 11.3 Å². The van der Waals surface area contributed by atoms with Crippen LogP contribution in [0.1, 0.15) is 16.8 Å². The molecule has 11 nitrogen and oxygen atoms in total. The Hall–Kier alpha value is -6.31. The highest BCUT2D eigenvalue weighted by molar-refractivity contribution is 7.22. The Bertz CT molecular complexity index is 2590. The summed E-state index contributed by atoms with van der Waals surface area (Å²) in [6.07, 6.45) is 1.47. The fraction of sp³-hybridized carbons (Fsp3) is 0.167. The Balaban J connectivity index is 1.19. The van der Waals surface area contributed by atoms with Gasteiger partial charge in [-0.1, -0.05) is 41.9 Å². The minimum Gasteiger partial charge on any atom is -0.496 e. The van der Waals surface area contributed by atoms with E-state index in [2.05, 4.69) is 20.3 Å². The fourth-order valence-corrected chi connectivity index (χ4v) is 7.94. The van der Waals surface area contributed by atoms with Crippen LogP contribution in [-0.2, 0) is 17.8 Å². The van der Waals surface area contributed by atoms with Crippen LogP contribution in [0.4, 0.5) is 10.1 Å². The minimum absolute atomic E-state index is 0.0642. The number of carboxylic acids is 1. The largest absolute Gasteiger partial charge is 0.496 e.